The number of nitrogens with two attached hydrogens (primary N) is 1. The van der Waals surface area contributed by atoms with Gasteiger partial charge in [0.25, 0.3) is 0 Å². The van der Waals surface area contributed by atoms with Crippen molar-refractivity contribution in [1.29, 1.82) is 0 Å². The van der Waals surface area contributed by atoms with Crippen LogP contribution in [0, 0.1) is 6.92 Å². The number of aryl methyl sites for hydroxylation is 1. The van der Waals surface area contributed by atoms with Gasteiger partial charge in [-0.25, -0.2) is 0 Å². The molecule has 1 aliphatic rings. The lowest BCUT2D eigenvalue weighted by atomic mass is 10.2. The van der Waals surface area contributed by atoms with Crippen molar-refractivity contribution in [3.8, 4) is 0 Å². The van der Waals surface area contributed by atoms with Crippen molar-refractivity contribution in [3.05, 3.63) is 23.7 Å². The third-order valence-corrected chi connectivity index (χ3v) is 3.18. The van der Waals surface area contributed by atoms with Gasteiger partial charge in [-0.05, 0) is 26.1 Å². The lowest BCUT2D eigenvalue weighted by Gasteiger charge is -2.33. The van der Waals surface area contributed by atoms with Gasteiger partial charge in [0.05, 0.1) is 6.04 Å². The minimum absolute atomic E-state index is 0.00268. The predicted octanol–water partition coefficient (Wildman–Crippen LogP) is 0.835. The molecule has 1 aromatic heterocycles. The Morgan fingerprint density at radius 3 is 2.56 bits per heavy atom. The van der Waals surface area contributed by atoms with Crippen molar-refractivity contribution < 1.29 is 4.42 Å². The van der Waals surface area contributed by atoms with E-state index in [4.69, 9.17) is 10.2 Å². The highest BCUT2D eigenvalue weighted by molar-refractivity contribution is 5.09. The maximum absolute atomic E-state index is 6.12. The summed E-state index contributed by atoms with van der Waals surface area (Å²) in [5.74, 6) is 1.83. The van der Waals surface area contributed by atoms with Gasteiger partial charge in [0.2, 0.25) is 0 Å². The summed E-state index contributed by atoms with van der Waals surface area (Å²) < 4.78 is 5.55. The van der Waals surface area contributed by atoms with E-state index >= 15 is 0 Å². The number of rotatable bonds is 3. The van der Waals surface area contributed by atoms with Crippen LogP contribution in [0.25, 0.3) is 0 Å². The summed E-state index contributed by atoms with van der Waals surface area (Å²) in [5.41, 5.74) is 6.12. The van der Waals surface area contributed by atoms with E-state index in [2.05, 4.69) is 16.8 Å². The maximum Gasteiger partial charge on any atom is 0.122 e. The summed E-state index contributed by atoms with van der Waals surface area (Å²) in [4.78, 5) is 4.75. The molecule has 0 bridgehead atoms. The third-order valence-electron chi connectivity index (χ3n) is 3.18. The Hall–Kier alpha value is -0.840. The quantitative estimate of drug-likeness (QED) is 0.824. The molecule has 4 heteroatoms. The zero-order valence-electron chi connectivity index (χ0n) is 10.1. The van der Waals surface area contributed by atoms with E-state index in [0.29, 0.717) is 0 Å². The number of likely N-dealkylation sites (N-methyl/N-ethyl adjacent to an activating group) is 1. The van der Waals surface area contributed by atoms with Crippen LogP contribution in [0.4, 0.5) is 0 Å². The van der Waals surface area contributed by atoms with Gasteiger partial charge in [0.1, 0.15) is 11.5 Å². The highest BCUT2D eigenvalue weighted by atomic mass is 16.3. The molecule has 90 valence electrons. The molecule has 1 saturated heterocycles. The Labute approximate surface area is 97.0 Å². The number of furan rings is 1. The fourth-order valence-electron chi connectivity index (χ4n) is 2.05. The number of piperazine rings is 1. The summed E-state index contributed by atoms with van der Waals surface area (Å²) in [5, 5.41) is 0. The number of hydrogen-bond acceptors (Lipinski definition) is 4. The van der Waals surface area contributed by atoms with E-state index in [-0.39, 0.29) is 6.04 Å². The van der Waals surface area contributed by atoms with E-state index in [1.165, 1.54) is 0 Å². The average Bonchev–Trinajstić information content (AvgIpc) is 2.68. The first kappa shape index (κ1) is 11.6. The molecule has 1 aromatic rings. The Balaban J connectivity index is 1.85. The summed E-state index contributed by atoms with van der Waals surface area (Å²) in [6.45, 7) is 7.30. The normalized spacial score (nSPS) is 21.2. The fraction of sp³-hybridized carbons (Fsp3) is 0.667. The Morgan fingerprint density at radius 2 is 2.00 bits per heavy atom. The molecular weight excluding hydrogens is 202 g/mol. The van der Waals surface area contributed by atoms with Crippen LogP contribution in [-0.2, 0) is 0 Å². The standard InChI is InChI=1S/C12H21N3O/c1-10-3-4-12(16-10)11(13)9-15-7-5-14(2)6-8-15/h3-4,11H,5-9,13H2,1-2H3. The van der Waals surface area contributed by atoms with E-state index in [1.807, 2.05) is 19.1 Å². The molecule has 2 rings (SSSR count). The molecule has 1 atom stereocenters. The van der Waals surface area contributed by atoms with Crippen molar-refractivity contribution >= 4 is 0 Å². The molecule has 0 radical (unpaired) electrons. The highest BCUT2D eigenvalue weighted by Gasteiger charge is 2.18. The Kier molecular flexibility index (Phi) is 3.63. The van der Waals surface area contributed by atoms with Crippen LogP contribution in [0.15, 0.2) is 16.5 Å². The summed E-state index contributed by atoms with van der Waals surface area (Å²) in [6.07, 6.45) is 0. The number of nitrogens with zero attached hydrogens (tertiary/aromatic N) is 2. The van der Waals surface area contributed by atoms with Crippen molar-refractivity contribution in [1.82, 2.24) is 9.80 Å². The average molecular weight is 223 g/mol. The van der Waals surface area contributed by atoms with Crippen molar-refractivity contribution in [2.45, 2.75) is 13.0 Å². The molecule has 0 spiro atoms. The topological polar surface area (TPSA) is 45.6 Å². The van der Waals surface area contributed by atoms with Crippen LogP contribution < -0.4 is 5.73 Å². The van der Waals surface area contributed by atoms with Crippen LogP contribution in [0.2, 0.25) is 0 Å². The van der Waals surface area contributed by atoms with Crippen LogP contribution in [0.5, 0.6) is 0 Å². The van der Waals surface area contributed by atoms with E-state index < -0.39 is 0 Å². The zero-order valence-corrected chi connectivity index (χ0v) is 10.1. The molecule has 1 fully saturated rings. The van der Waals surface area contributed by atoms with Crippen LogP contribution in [0.3, 0.4) is 0 Å². The van der Waals surface area contributed by atoms with Gasteiger partial charge in [-0.15, -0.1) is 0 Å². The monoisotopic (exact) mass is 223 g/mol. The largest absolute Gasteiger partial charge is 0.465 e. The van der Waals surface area contributed by atoms with Gasteiger partial charge in [-0.1, -0.05) is 0 Å². The molecular formula is C12H21N3O. The maximum atomic E-state index is 6.12. The van der Waals surface area contributed by atoms with Gasteiger partial charge in [0, 0.05) is 32.7 Å². The lowest BCUT2D eigenvalue weighted by Crippen LogP contribution is -2.46. The Bertz CT molecular complexity index is 329. The molecule has 0 aromatic carbocycles. The first-order valence-electron chi connectivity index (χ1n) is 5.88. The summed E-state index contributed by atoms with van der Waals surface area (Å²) in [7, 11) is 2.16. The third kappa shape index (κ3) is 2.84. The van der Waals surface area contributed by atoms with Crippen LogP contribution >= 0.6 is 0 Å². The molecule has 1 unspecified atom stereocenters. The molecule has 2 N–H and O–H groups in total. The molecule has 0 saturated carbocycles. The SMILES string of the molecule is Cc1ccc(C(N)CN2CCN(C)CC2)o1. The van der Waals surface area contributed by atoms with E-state index in [9.17, 15) is 0 Å². The molecule has 0 aliphatic carbocycles. The van der Waals surface area contributed by atoms with Crippen molar-refractivity contribution in [2.24, 2.45) is 5.73 Å². The first-order valence-corrected chi connectivity index (χ1v) is 5.88. The van der Waals surface area contributed by atoms with E-state index in [1.54, 1.807) is 0 Å². The second kappa shape index (κ2) is 4.99. The van der Waals surface area contributed by atoms with Gasteiger partial charge < -0.3 is 15.1 Å². The predicted molar refractivity (Wildman–Crippen MR) is 64.3 cm³/mol. The zero-order chi connectivity index (χ0) is 11.5. The first-order chi connectivity index (χ1) is 7.65. The highest BCUT2D eigenvalue weighted by Crippen LogP contribution is 2.15. The van der Waals surface area contributed by atoms with Gasteiger partial charge in [0.15, 0.2) is 0 Å². The lowest BCUT2D eigenvalue weighted by molar-refractivity contribution is 0.144. The van der Waals surface area contributed by atoms with Crippen LogP contribution in [-0.4, -0.2) is 49.6 Å². The minimum Gasteiger partial charge on any atom is -0.465 e. The second-order valence-electron chi connectivity index (χ2n) is 4.66. The molecule has 4 nitrogen and oxygen atoms in total. The van der Waals surface area contributed by atoms with Crippen molar-refractivity contribution in [3.63, 3.8) is 0 Å². The van der Waals surface area contributed by atoms with Gasteiger partial charge >= 0.3 is 0 Å². The van der Waals surface area contributed by atoms with E-state index in [0.717, 1.165) is 44.2 Å². The van der Waals surface area contributed by atoms with Gasteiger partial charge in [-0.3, -0.25) is 4.90 Å². The number of hydrogen-bond donors (Lipinski definition) is 1. The fourth-order valence-corrected chi connectivity index (χ4v) is 2.05. The summed E-state index contributed by atoms with van der Waals surface area (Å²) >= 11 is 0. The smallest absolute Gasteiger partial charge is 0.122 e. The van der Waals surface area contributed by atoms with Crippen LogP contribution in [0.1, 0.15) is 17.6 Å². The molecule has 0 amide bonds. The molecule has 1 aliphatic heterocycles. The second-order valence-corrected chi connectivity index (χ2v) is 4.66. The molecule has 2 heterocycles. The molecule has 16 heavy (non-hydrogen) atoms. The minimum atomic E-state index is -0.00268. The van der Waals surface area contributed by atoms with Crippen molar-refractivity contribution in [2.75, 3.05) is 39.8 Å². The summed E-state index contributed by atoms with van der Waals surface area (Å²) in [6, 6.07) is 3.95. The van der Waals surface area contributed by atoms with Gasteiger partial charge in [-0.2, -0.15) is 0 Å². The Morgan fingerprint density at radius 1 is 1.31 bits per heavy atom.